The van der Waals surface area contributed by atoms with Crippen molar-refractivity contribution in [3.05, 3.63) is 35.9 Å². The molecule has 1 aromatic carbocycles. The molecule has 0 unspecified atom stereocenters. The van der Waals surface area contributed by atoms with Gasteiger partial charge in [-0.2, -0.15) is 0 Å². The molecule has 0 heterocycles. The van der Waals surface area contributed by atoms with Gasteiger partial charge in [-0.05, 0) is 0 Å². The van der Waals surface area contributed by atoms with Crippen LogP contribution in [0, 0.1) is 0 Å². The number of carbonyl (C=O) groups is 1. The summed E-state index contributed by atoms with van der Waals surface area (Å²) in [5.74, 6) is 0. The van der Waals surface area contributed by atoms with Gasteiger partial charge < -0.3 is 0 Å². The van der Waals surface area contributed by atoms with Crippen LogP contribution in [-0.2, 0) is 27.0 Å². The Morgan fingerprint density at radius 1 is 1.30 bits per heavy atom. The van der Waals surface area contributed by atoms with E-state index < -0.39 is 0 Å². The fraction of sp³-hybridized carbons (Fsp3) is 0.125. The third kappa shape index (κ3) is 2.33. The molecule has 0 radical (unpaired) electrons. The Bertz CT molecular complexity index is 218. The van der Waals surface area contributed by atoms with E-state index >= 15 is 0 Å². The summed E-state index contributed by atoms with van der Waals surface area (Å²) in [5, 5.41) is 0. The van der Waals surface area contributed by atoms with Crippen molar-refractivity contribution < 1.29 is 20.5 Å². The van der Waals surface area contributed by atoms with Crippen LogP contribution >= 0.6 is 0 Å². The van der Waals surface area contributed by atoms with Crippen LogP contribution in [0.4, 0.5) is 0 Å². The van der Waals surface area contributed by atoms with Crippen LogP contribution in [0.3, 0.4) is 0 Å². The Kier molecular flexibility index (Phi) is 2.65. The SMILES string of the molecule is O=[C]([Co])Cc1ccccc1. The summed E-state index contributed by atoms with van der Waals surface area (Å²) in [7, 11) is 0. The van der Waals surface area contributed by atoms with E-state index in [4.69, 9.17) is 0 Å². The van der Waals surface area contributed by atoms with Gasteiger partial charge in [-0.15, -0.1) is 0 Å². The summed E-state index contributed by atoms with van der Waals surface area (Å²) in [6.07, 6.45) is 0.417. The van der Waals surface area contributed by atoms with Crippen LogP contribution in [0.1, 0.15) is 5.56 Å². The first-order valence-electron chi connectivity index (χ1n) is 2.99. The van der Waals surface area contributed by atoms with E-state index in [1.54, 1.807) is 0 Å². The predicted octanol–water partition coefficient (Wildman–Crippen LogP) is 1.30. The van der Waals surface area contributed by atoms with Gasteiger partial charge in [0.15, 0.2) is 0 Å². The Morgan fingerprint density at radius 3 is 2.40 bits per heavy atom. The predicted molar refractivity (Wildman–Crippen MR) is 35.2 cm³/mol. The van der Waals surface area contributed by atoms with Gasteiger partial charge in [0, 0.05) is 0 Å². The van der Waals surface area contributed by atoms with Gasteiger partial charge in [0.1, 0.15) is 0 Å². The van der Waals surface area contributed by atoms with E-state index in [2.05, 4.69) is 15.7 Å². The van der Waals surface area contributed by atoms with Crippen LogP contribution in [0.5, 0.6) is 0 Å². The number of hydrogen-bond donors (Lipinski definition) is 0. The first kappa shape index (κ1) is 7.50. The van der Waals surface area contributed by atoms with Crippen molar-refractivity contribution in [3.63, 3.8) is 0 Å². The van der Waals surface area contributed by atoms with Gasteiger partial charge in [0.05, 0.1) is 0 Å². The molecule has 2 heteroatoms. The Hall–Kier alpha value is -0.604. The molecule has 0 atom stereocenters. The fourth-order valence-electron chi connectivity index (χ4n) is 0.747. The first-order chi connectivity index (χ1) is 4.79. The molecule has 0 aliphatic heterocycles. The van der Waals surface area contributed by atoms with Crippen LogP contribution in [0.2, 0.25) is 0 Å². The van der Waals surface area contributed by atoms with E-state index in [1.807, 2.05) is 30.3 Å². The summed E-state index contributed by atoms with van der Waals surface area (Å²) in [5.41, 5.74) is 1.01. The van der Waals surface area contributed by atoms with E-state index in [0.29, 0.717) is 6.42 Å². The minimum atomic E-state index is -0.0984. The zero-order valence-electron chi connectivity index (χ0n) is 5.34. The van der Waals surface area contributed by atoms with Crippen molar-refractivity contribution in [2.75, 3.05) is 0 Å². The number of benzene rings is 1. The average molecular weight is 178 g/mol. The molecule has 0 aromatic heterocycles. The van der Waals surface area contributed by atoms with Crippen molar-refractivity contribution in [2.45, 2.75) is 6.42 Å². The van der Waals surface area contributed by atoms with Gasteiger partial charge >= 0.3 is 67.6 Å². The minimum absolute atomic E-state index is 0.0984. The molecule has 1 aromatic rings. The average Bonchev–Trinajstić information content (AvgIpc) is 1.88. The Morgan fingerprint density at radius 2 is 1.90 bits per heavy atom. The third-order valence-electron chi connectivity index (χ3n) is 1.18. The van der Waals surface area contributed by atoms with Crippen LogP contribution < -0.4 is 0 Å². The fourth-order valence-corrected chi connectivity index (χ4v) is 0.960. The number of rotatable bonds is 2. The quantitative estimate of drug-likeness (QED) is 0.667. The number of hydrogen-bond acceptors (Lipinski definition) is 1. The van der Waals surface area contributed by atoms with Gasteiger partial charge in [0.25, 0.3) is 0 Å². The molecule has 0 amide bonds. The molecule has 0 spiro atoms. The van der Waals surface area contributed by atoms with Gasteiger partial charge in [-0.3, -0.25) is 0 Å². The summed E-state index contributed by atoms with van der Waals surface area (Å²) in [6, 6.07) is 9.56. The van der Waals surface area contributed by atoms with Gasteiger partial charge in [0.2, 0.25) is 0 Å². The summed E-state index contributed by atoms with van der Waals surface area (Å²) >= 11 is 3.72. The third-order valence-corrected chi connectivity index (χ3v) is 1.36. The summed E-state index contributed by atoms with van der Waals surface area (Å²) in [6.45, 7) is 0. The van der Waals surface area contributed by atoms with E-state index in [0.717, 1.165) is 5.56 Å². The molecule has 54 valence electrons. The zero-order chi connectivity index (χ0) is 7.40. The molecular weight excluding hydrogens is 171 g/mol. The van der Waals surface area contributed by atoms with Crippen molar-refractivity contribution >= 4 is 4.72 Å². The Labute approximate surface area is 68.0 Å². The monoisotopic (exact) mass is 178 g/mol. The van der Waals surface area contributed by atoms with Crippen molar-refractivity contribution in [3.8, 4) is 0 Å². The van der Waals surface area contributed by atoms with Gasteiger partial charge in [-0.25, -0.2) is 0 Å². The molecule has 0 aliphatic carbocycles. The van der Waals surface area contributed by atoms with Crippen LogP contribution in [0.15, 0.2) is 30.3 Å². The summed E-state index contributed by atoms with van der Waals surface area (Å²) in [4.78, 5) is 10.5. The molecular formula is C8H7CoO. The van der Waals surface area contributed by atoms with Crippen LogP contribution in [-0.4, -0.2) is 4.72 Å². The first-order valence-corrected chi connectivity index (χ1v) is 3.51. The van der Waals surface area contributed by atoms with Gasteiger partial charge in [-0.1, -0.05) is 0 Å². The van der Waals surface area contributed by atoms with E-state index in [9.17, 15) is 4.79 Å². The van der Waals surface area contributed by atoms with Crippen molar-refractivity contribution in [1.82, 2.24) is 0 Å². The maximum absolute atomic E-state index is 10.5. The van der Waals surface area contributed by atoms with E-state index in [-0.39, 0.29) is 4.72 Å². The molecule has 0 aliphatic rings. The van der Waals surface area contributed by atoms with Crippen molar-refractivity contribution in [1.29, 1.82) is 0 Å². The Balaban J connectivity index is 2.67. The van der Waals surface area contributed by atoms with Crippen LogP contribution in [0.25, 0.3) is 0 Å². The second-order valence-corrected chi connectivity index (χ2v) is 2.57. The second kappa shape index (κ2) is 3.54. The second-order valence-electron chi connectivity index (χ2n) is 1.99. The molecule has 0 saturated carbocycles. The normalized spacial score (nSPS) is 9.40. The molecule has 1 nitrogen and oxygen atoms in total. The van der Waals surface area contributed by atoms with Crippen molar-refractivity contribution in [2.24, 2.45) is 0 Å². The molecule has 0 N–H and O–H groups in total. The number of carbonyl (C=O) groups excluding carboxylic acids is 1. The van der Waals surface area contributed by atoms with E-state index in [1.165, 1.54) is 0 Å². The molecule has 0 bridgehead atoms. The molecule has 10 heavy (non-hydrogen) atoms. The molecule has 0 saturated heterocycles. The molecule has 0 fully saturated rings. The zero-order valence-corrected chi connectivity index (χ0v) is 6.38. The topological polar surface area (TPSA) is 17.1 Å². The summed E-state index contributed by atoms with van der Waals surface area (Å²) < 4.78 is -0.0984. The maximum atomic E-state index is 10.5. The standard InChI is InChI=1S/C8H7O.Co/c9-7-6-8-4-2-1-3-5-8;/h1-5H,6H2;. The molecule has 1 rings (SSSR count).